The third-order valence-electron chi connectivity index (χ3n) is 3.74. The molecule has 0 aromatic heterocycles. The Hall–Kier alpha value is -1.86. The van der Waals surface area contributed by atoms with E-state index in [9.17, 15) is 14.9 Å². The number of nitro groups is 1. The number of carbonyl (C=O) groups is 1. The van der Waals surface area contributed by atoms with Gasteiger partial charge in [-0.15, -0.1) is 0 Å². The van der Waals surface area contributed by atoms with Gasteiger partial charge >= 0.3 is 0 Å². The number of hydrogen-bond donors (Lipinski definition) is 1. The van der Waals surface area contributed by atoms with Gasteiger partial charge in [0, 0.05) is 6.07 Å². The highest BCUT2D eigenvalue weighted by Gasteiger charge is 2.26. The molecule has 0 spiro atoms. The van der Waals surface area contributed by atoms with Gasteiger partial charge in [0.2, 0.25) is 0 Å². The number of nitrogens with zero attached hydrogens (tertiary/aromatic N) is 2. The number of thioether (sulfide) groups is 1. The minimum atomic E-state index is -0.542. The zero-order valence-electron chi connectivity index (χ0n) is 12.1. The lowest BCUT2D eigenvalue weighted by Crippen LogP contribution is -2.21. The van der Waals surface area contributed by atoms with Crippen LogP contribution in [0.3, 0.4) is 0 Å². The van der Waals surface area contributed by atoms with Crippen molar-refractivity contribution in [3.05, 3.63) is 43.8 Å². The maximum absolute atomic E-state index is 12.0. The van der Waals surface area contributed by atoms with Gasteiger partial charge < -0.3 is 5.32 Å². The maximum atomic E-state index is 12.0. The first kappa shape index (κ1) is 16.0. The van der Waals surface area contributed by atoms with Gasteiger partial charge in [-0.1, -0.05) is 30.5 Å². The van der Waals surface area contributed by atoms with E-state index < -0.39 is 4.92 Å². The number of nitrogens with one attached hydrogen (secondary N) is 1. The summed E-state index contributed by atoms with van der Waals surface area (Å²) in [6.07, 6.45) is 6.08. The van der Waals surface area contributed by atoms with Crippen molar-refractivity contribution in [2.75, 3.05) is 0 Å². The van der Waals surface area contributed by atoms with Crippen molar-refractivity contribution >= 4 is 46.2 Å². The summed E-state index contributed by atoms with van der Waals surface area (Å²) in [5, 5.41) is 14.3. The average molecular weight is 352 g/mol. The van der Waals surface area contributed by atoms with Crippen molar-refractivity contribution in [3.63, 3.8) is 0 Å². The normalized spacial score (nSPS) is 22.0. The van der Waals surface area contributed by atoms with E-state index in [1.165, 1.54) is 36.7 Å². The van der Waals surface area contributed by atoms with Crippen LogP contribution in [0, 0.1) is 10.1 Å². The standard InChI is InChI=1S/C15H14ClN3O3S/c16-11-6-5-9(7-12(11)19(21)22)8-13-14(20)18-15(23-13)17-10-3-1-2-4-10/h5-8,10H,1-4H2,(H,17,18,20). The minimum absolute atomic E-state index is 0.0733. The molecule has 1 heterocycles. The van der Waals surface area contributed by atoms with Gasteiger partial charge in [0.05, 0.1) is 15.9 Å². The summed E-state index contributed by atoms with van der Waals surface area (Å²) in [6, 6.07) is 4.74. The summed E-state index contributed by atoms with van der Waals surface area (Å²) < 4.78 is 0. The molecule has 23 heavy (non-hydrogen) atoms. The molecule has 1 aromatic carbocycles. The van der Waals surface area contributed by atoms with Crippen LogP contribution in [-0.4, -0.2) is 22.0 Å². The molecule has 8 heteroatoms. The summed E-state index contributed by atoms with van der Waals surface area (Å²) in [5.41, 5.74) is 0.380. The Morgan fingerprint density at radius 2 is 2.13 bits per heavy atom. The molecule has 120 valence electrons. The molecule has 6 nitrogen and oxygen atoms in total. The molecule has 0 radical (unpaired) electrons. The van der Waals surface area contributed by atoms with Crippen LogP contribution in [0.15, 0.2) is 28.1 Å². The Balaban J connectivity index is 1.81. The van der Waals surface area contributed by atoms with Gasteiger partial charge in [0.25, 0.3) is 11.6 Å². The zero-order valence-corrected chi connectivity index (χ0v) is 13.7. The summed E-state index contributed by atoms with van der Waals surface area (Å²) in [7, 11) is 0. The molecule has 3 rings (SSSR count). The predicted molar refractivity (Wildman–Crippen MR) is 91.5 cm³/mol. The number of halogens is 1. The molecular weight excluding hydrogens is 338 g/mol. The summed E-state index contributed by atoms with van der Waals surface area (Å²) in [4.78, 5) is 27.4. The van der Waals surface area contributed by atoms with Crippen LogP contribution in [0.1, 0.15) is 31.2 Å². The first-order valence-corrected chi connectivity index (χ1v) is 8.45. The molecule has 2 fully saturated rings. The molecule has 1 saturated heterocycles. The molecule has 0 atom stereocenters. The maximum Gasteiger partial charge on any atom is 0.288 e. The van der Waals surface area contributed by atoms with E-state index in [-0.39, 0.29) is 22.7 Å². The van der Waals surface area contributed by atoms with Gasteiger partial charge in [-0.25, -0.2) is 0 Å². The minimum Gasteiger partial charge on any atom is -0.301 e. The molecule has 0 bridgehead atoms. The van der Waals surface area contributed by atoms with E-state index in [1.54, 1.807) is 12.1 Å². The smallest absolute Gasteiger partial charge is 0.288 e. The number of carbonyl (C=O) groups excluding carboxylic acids is 1. The highest BCUT2D eigenvalue weighted by Crippen LogP contribution is 2.31. The number of benzene rings is 1. The van der Waals surface area contributed by atoms with E-state index in [0.29, 0.717) is 15.6 Å². The number of amidine groups is 1. The van der Waals surface area contributed by atoms with Crippen molar-refractivity contribution in [1.29, 1.82) is 0 Å². The van der Waals surface area contributed by atoms with Crippen molar-refractivity contribution in [2.24, 2.45) is 4.99 Å². The molecule has 1 aliphatic carbocycles. The molecule has 1 N–H and O–H groups in total. The first-order valence-electron chi connectivity index (χ1n) is 7.25. The average Bonchev–Trinajstić information content (AvgIpc) is 3.12. The van der Waals surface area contributed by atoms with Gasteiger partial charge in [0.1, 0.15) is 5.02 Å². The lowest BCUT2D eigenvalue weighted by atomic mass is 10.2. The van der Waals surface area contributed by atoms with Crippen LogP contribution in [0.25, 0.3) is 6.08 Å². The van der Waals surface area contributed by atoms with Crippen LogP contribution in [0.4, 0.5) is 5.69 Å². The van der Waals surface area contributed by atoms with E-state index in [4.69, 9.17) is 11.6 Å². The van der Waals surface area contributed by atoms with Crippen molar-refractivity contribution in [3.8, 4) is 0 Å². The Morgan fingerprint density at radius 1 is 1.39 bits per heavy atom. The van der Waals surface area contributed by atoms with Crippen LogP contribution in [-0.2, 0) is 4.79 Å². The Morgan fingerprint density at radius 3 is 2.83 bits per heavy atom. The summed E-state index contributed by atoms with van der Waals surface area (Å²) in [6.45, 7) is 0. The van der Waals surface area contributed by atoms with Crippen LogP contribution >= 0.6 is 23.4 Å². The lowest BCUT2D eigenvalue weighted by Gasteiger charge is -2.02. The van der Waals surface area contributed by atoms with Gasteiger partial charge in [-0.05, 0) is 42.3 Å². The third-order valence-corrected chi connectivity index (χ3v) is 4.98. The summed E-state index contributed by atoms with van der Waals surface area (Å²) in [5.74, 6) is -0.232. The number of nitro benzene ring substituents is 1. The second-order valence-electron chi connectivity index (χ2n) is 5.41. The van der Waals surface area contributed by atoms with E-state index in [1.807, 2.05) is 0 Å². The molecular formula is C15H14ClN3O3S. The van der Waals surface area contributed by atoms with E-state index in [2.05, 4.69) is 10.3 Å². The second-order valence-corrected chi connectivity index (χ2v) is 6.84. The fraction of sp³-hybridized carbons (Fsp3) is 0.333. The fourth-order valence-electron chi connectivity index (χ4n) is 2.60. The molecule has 2 aliphatic rings. The van der Waals surface area contributed by atoms with Crippen LogP contribution < -0.4 is 5.32 Å². The molecule has 1 aromatic rings. The highest BCUT2D eigenvalue weighted by atomic mass is 35.5. The molecule has 1 amide bonds. The SMILES string of the molecule is O=C1NC(=NC2CCCC2)SC1=Cc1ccc(Cl)c([N+](=O)[O-])c1. The molecule has 0 unspecified atom stereocenters. The largest absolute Gasteiger partial charge is 0.301 e. The Kier molecular flexibility index (Phi) is 4.68. The van der Waals surface area contributed by atoms with Crippen molar-refractivity contribution < 1.29 is 9.72 Å². The number of rotatable bonds is 3. The number of aliphatic imine (C=N–C) groups is 1. The highest BCUT2D eigenvalue weighted by molar-refractivity contribution is 8.18. The quantitative estimate of drug-likeness (QED) is 0.510. The first-order chi connectivity index (χ1) is 11.0. The van der Waals surface area contributed by atoms with E-state index >= 15 is 0 Å². The van der Waals surface area contributed by atoms with Crippen molar-refractivity contribution in [1.82, 2.24) is 5.32 Å². The molecule has 1 saturated carbocycles. The number of amides is 1. The lowest BCUT2D eigenvalue weighted by molar-refractivity contribution is -0.384. The fourth-order valence-corrected chi connectivity index (χ4v) is 3.68. The monoisotopic (exact) mass is 351 g/mol. The van der Waals surface area contributed by atoms with Crippen LogP contribution in [0.2, 0.25) is 5.02 Å². The second kappa shape index (κ2) is 6.72. The van der Waals surface area contributed by atoms with Gasteiger partial charge in [0.15, 0.2) is 5.17 Å². The predicted octanol–water partition coefficient (Wildman–Crippen LogP) is 3.75. The van der Waals surface area contributed by atoms with Crippen molar-refractivity contribution in [2.45, 2.75) is 31.7 Å². The van der Waals surface area contributed by atoms with E-state index in [0.717, 1.165) is 12.8 Å². The number of hydrogen-bond acceptors (Lipinski definition) is 5. The summed E-state index contributed by atoms with van der Waals surface area (Å²) >= 11 is 7.06. The molecule has 1 aliphatic heterocycles. The Bertz CT molecular complexity index is 727. The third kappa shape index (κ3) is 3.73. The van der Waals surface area contributed by atoms with Gasteiger partial charge in [-0.3, -0.25) is 19.9 Å². The topological polar surface area (TPSA) is 84.6 Å². The van der Waals surface area contributed by atoms with Crippen LogP contribution in [0.5, 0.6) is 0 Å². The zero-order chi connectivity index (χ0) is 16.4. The van der Waals surface area contributed by atoms with Gasteiger partial charge in [-0.2, -0.15) is 0 Å². The Labute approximate surface area is 142 Å².